The quantitative estimate of drug-likeness (QED) is 0.642. The van der Waals surface area contributed by atoms with E-state index in [1.54, 1.807) is 16.8 Å². The average Bonchev–Trinajstić information content (AvgIpc) is 2.71. The first-order valence-corrected chi connectivity index (χ1v) is 6.28. The Bertz CT molecular complexity index is 576. The van der Waals surface area contributed by atoms with Gasteiger partial charge in [0.05, 0.1) is 16.3 Å². The minimum Gasteiger partial charge on any atom is -0.258 e. The van der Waals surface area contributed by atoms with Crippen LogP contribution < -0.4 is 0 Å². The van der Waals surface area contributed by atoms with Crippen LogP contribution in [0.4, 0.5) is 5.69 Å². The summed E-state index contributed by atoms with van der Waals surface area (Å²) in [7, 11) is 0. The van der Waals surface area contributed by atoms with Gasteiger partial charge in [0.1, 0.15) is 4.60 Å². The summed E-state index contributed by atoms with van der Waals surface area (Å²) in [5.74, 6) is 0.334. The van der Waals surface area contributed by atoms with Gasteiger partial charge in [-0.15, -0.1) is 0 Å². The van der Waals surface area contributed by atoms with E-state index in [0.717, 1.165) is 16.0 Å². The van der Waals surface area contributed by atoms with Gasteiger partial charge in [0.15, 0.2) is 0 Å². The molecule has 5 nitrogen and oxygen atoms in total. The number of nitro groups is 1. The van der Waals surface area contributed by atoms with Crippen LogP contribution in [0.2, 0.25) is 0 Å². The van der Waals surface area contributed by atoms with Crippen LogP contribution in [-0.2, 0) is 0 Å². The summed E-state index contributed by atoms with van der Waals surface area (Å²) < 4.78 is 2.55. The van der Waals surface area contributed by atoms with Crippen molar-refractivity contribution in [3.05, 3.63) is 50.7 Å². The standard InChI is InChI=1S/C12H12BrN3O2/c1-8(2)11-7-12(13)15(14-11)9-3-5-10(6-4-9)16(17)18/h3-8H,1-2H3. The van der Waals surface area contributed by atoms with Crippen LogP contribution in [0.5, 0.6) is 0 Å². The third kappa shape index (κ3) is 2.43. The molecule has 0 amide bonds. The van der Waals surface area contributed by atoms with Crippen LogP contribution in [0.3, 0.4) is 0 Å². The van der Waals surface area contributed by atoms with E-state index >= 15 is 0 Å². The molecule has 1 aromatic carbocycles. The van der Waals surface area contributed by atoms with Crippen molar-refractivity contribution in [1.82, 2.24) is 9.78 Å². The Morgan fingerprint density at radius 2 is 1.94 bits per heavy atom. The fourth-order valence-electron chi connectivity index (χ4n) is 1.55. The van der Waals surface area contributed by atoms with Gasteiger partial charge in [-0.05, 0) is 40.0 Å². The Morgan fingerprint density at radius 1 is 1.33 bits per heavy atom. The maximum Gasteiger partial charge on any atom is 0.269 e. The lowest BCUT2D eigenvalue weighted by Crippen LogP contribution is -1.99. The van der Waals surface area contributed by atoms with Crippen molar-refractivity contribution in [2.45, 2.75) is 19.8 Å². The first-order valence-electron chi connectivity index (χ1n) is 5.49. The highest BCUT2D eigenvalue weighted by molar-refractivity contribution is 9.10. The number of hydrogen-bond acceptors (Lipinski definition) is 3. The lowest BCUT2D eigenvalue weighted by atomic mass is 10.1. The van der Waals surface area contributed by atoms with E-state index in [1.807, 2.05) is 6.07 Å². The molecular formula is C12H12BrN3O2. The van der Waals surface area contributed by atoms with Gasteiger partial charge in [0.25, 0.3) is 5.69 Å². The lowest BCUT2D eigenvalue weighted by molar-refractivity contribution is -0.384. The second-order valence-corrected chi connectivity index (χ2v) is 5.04. The van der Waals surface area contributed by atoms with Crippen molar-refractivity contribution in [3.8, 4) is 5.69 Å². The molecule has 0 aliphatic carbocycles. The van der Waals surface area contributed by atoms with Crippen molar-refractivity contribution in [1.29, 1.82) is 0 Å². The fourth-order valence-corrected chi connectivity index (χ4v) is 2.07. The molecule has 0 aliphatic heterocycles. The second-order valence-electron chi connectivity index (χ2n) is 4.23. The molecule has 2 rings (SSSR count). The maximum absolute atomic E-state index is 10.6. The SMILES string of the molecule is CC(C)c1cc(Br)n(-c2ccc([N+](=O)[O-])cc2)n1. The molecule has 0 atom stereocenters. The Balaban J connectivity index is 2.39. The summed E-state index contributed by atoms with van der Waals surface area (Å²) in [6.45, 7) is 4.13. The van der Waals surface area contributed by atoms with Gasteiger partial charge in [-0.1, -0.05) is 13.8 Å². The first-order chi connectivity index (χ1) is 8.49. The van der Waals surface area contributed by atoms with Crippen molar-refractivity contribution in [3.63, 3.8) is 0 Å². The summed E-state index contributed by atoms with van der Waals surface area (Å²) in [5.41, 5.74) is 1.84. The fraction of sp³-hybridized carbons (Fsp3) is 0.250. The van der Waals surface area contributed by atoms with E-state index in [-0.39, 0.29) is 5.69 Å². The number of hydrogen-bond donors (Lipinski definition) is 0. The van der Waals surface area contributed by atoms with Gasteiger partial charge in [-0.25, -0.2) is 4.68 Å². The monoisotopic (exact) mass is 309 g/mol. The van der Waals surface area contributed by atoms with Crippen LogP contribution in [0, 0.1) is 10.1 Å². The van der Waals surface area contributed by atoms with E-state index in [4.69, 9.17) is 0 Å². The molecule has 0 saturated carbocycles. The third-order valence-corrected chi connectivity index (χ3v) is 3.15. The number of nitrogens with zero attached hydrogens (tertiary/aromatic N) is 3. The van der Waals surface area contributed by atoms with Crippen LogP contribution in [-0.4, -0.2) is 14.7 Å². The van der Waals surface area contributed by atoms with E-state index in [2.05, 4.69) is 34.9 Å². The van der Waals surface area contributed by atoms with Gasteiger partial charge in [-0.2, -0.15) is 5.10 Å². The lowest BCUT2D eigenvalue weighted by Gasteiger charge is -2.03. The summed E-state index contributed by atoms with van der Waals surface area (Å²) in [5, 5.41) is 15.0. The molecule has 0 aliphatic rings. The normalized spacial score (nSPS) is 10.9. The zero-order valence-electron chi connectivity index (χ0n) is 10.0. The molecule has 0 bridgehead atoms. The smallest absolute Gasteiger partial charge is 0.258 e. The van der Waals surface area contributed by atoms with E-state index < -0.39 is 4.92 Å². The Labute approximate surface area is 113 Å². The van der Waals surface area contributed by atoms with E-state index in [1.165, 1.54) is 12.1 Å². The van der Waals surface area contributed by atoms with Crippen molar-refractivity contribution >= 4 is 21.6 Å². The van der Waals surface area contributed by atoms with Crippen LogP contribution >= 0.6 is 15.9 Å². The number of aromatic nitrogens is 2. The largest absolute Gasteiger partial charge is 0.269 e. The number of rotatable bonds is 3. The molecule has 6 heteroatoms. The van der Waals surface area contributed by atoms with Gasteiger partial charge in [0, 0.05) is 12.1 Å². The van der Waals surface area contributed by atoms with Crippen LogP contribution in [0.15, 0.2) is 34.9 Å². The maximum atomic E-state index is 10.6. The molecule has 0 radical (unpaired) electrons. The number of halogens is 1. The predicted octanol–water partition coefficient (Wildman–Crippen LogP) is 3.67. The topological polar surface area (TPSA) is 61.0 Å². The average molecular weight is 310 g/mol. The van der Waals surface area contributed by atoms with Gasteiger partial charge in [-0.3, -0.25) is 10.1 Å². The molecule has 0 fully saturated rings. The van der Waals surface area contributed by atoms with Gasteiger partial charge < -0.3 is 0 Å². The van der Waals surface area contributed by atoms with E-state index in [9.17, 15) is 10.1 Å². The highest BCUT2D eigenvalue weighted by Gasteiger charge is 2.11. The van der Waals surface area contributed by atoms with Crippen LogP contribution in [0.25, 0.3) is 5.69 Å². The van der Waals surface area contributed by atoms with Crippen molar-refractivity contribution < 1.29 is 4.92 Å². The summed E-state index contributed by atoms with van der Waals surface area (Å²) in [6, 6.07) is 8.25. The van der Waals surface area contributed by atoms with Crippen LogP contribution in [0.1, 0.15) is 25.5 Å². The summed E-state index contributed by atoms with van der Waals surface area (Å²) in [4.78, 5) is 10.2. The predicted molar refractivity (Wildman–Crippen MR) is 72.0 cm³/mol. The Hall–Kier alpha value is -1.69. The summed E-state index contributed by atoms with van der Waals surface area (Å²) >= 11 is 3.44. The number of nitro benzene ring substituents is 1. The highest BCUT2D eigenvalue weighted by Crippen LogP contribution is 2.23. The van der Waals surface area contributed by atoms with Crippen molar-refractivity contribution in [2.24, 2.45) is 0 Å². The number of benzene rings is 1. The Kier molecular flexibility index (Phi) is 3.47. The molecule has 0 N–H and O–H groups in total. The minimum absolute atomic E-state index is 0.0751. The molecule has 18 heavy (non-hydrogen) atoms. The molecule has 0 saturated heterocycles. The second kappa shape index (κ2) is 4.89. The highest BCUT2D eigenvalue weighted by atomic mass is 79.9. The molecule has 1 aromatic heterocycles. The Morgan fingerprint density at radius 3 is 2.39 bits per heavy atom. The molecule has 94 valence electrons. The van der Waals surface area contributed by atoms with Gasteiger partial charge >= 0.3 is 0 Å². The third-order valence-electron chi connectivity index (χ3n) is 2.58. The minimum atomic E-state index is -0.415. The summed E-state index contributed by atoms with van der Waals surface area (Å²) in [6.07, 6.45) is 0. The molecule has 0 spiro atoms. The van der Waals surface area contributed by atoms with E-state index in [0.29, 0.717) is 5.92 Å². The zero-order chi connectivity index (χ0) is 13.3. The molecule has 0 unspecified atom stereocenters. The molecular weight excluding hydrogens is 298 g/mol. The molecule has 2 aromatic rings. The zero-order valence-corrected chi connectivity index (χ0v) is 11.6. The molecule has 1 heterocycles. The first kappa shape index (κ1) is 12.8. The van der Waals surface area contributed by atoms with Gasteiger partial charge in [0.2, 0.25) is 0 Å². The van der Waals surface area contributed by atoms with Crippen molar-refractivity contribution in [2.75, 3.05) is 0 Å². The number of non-ortho nitro benzene ring substituents is 1.